The first-order valence-electron chi connectivity index (χ1n) is 6.69. The molecule has 0 atom stereocenters. The lowest BCUT2D eigenvalue weighted by molar-refractivity contribution is -0.116. The summed E-state index contributed by atoms with van der Waals surface area (Å²) in [5.74, 6) is -0.803. The number of nitrogens with zero attached hydrogens (tertiary/aromatic N) is 1. The van der Waals surface area contributed by atoms with Crippen LogP contribution < -0.4 is 11.1 Å². The number of aromatic nitrogens is 1. The van der Waals surface area contributed by atoms with Crippen molar-refractivity contribution in [1.82, 2.24) is 4.57 Å². The van der Waals surface area contributed by atoms with Crippen molar-refractivity contribution < 1.29 is 9.21 Å². The zero-order valence-electron chi connectivity index (χ0n) is 11.8. The van der Waals surface area contributed by atoms with Crippen LogP contribution in [-0.4, -0.2) is 10.5 Å². The third kappa shape index (κ3) is 2.92. The van der Waals surface area contributed by atoms with E-state index in [0.717, 1.165) is 9.13 Å². The van der Waals surface area contributed by atoms with E-state index in [0.29, 0.717) is 16.8 Å². The van der Waals surface area contributed by atoms with E-state index in [-0.39, 0.29) is 12.5 Å². The first-order chi connectivity index (χ1) is 10.5. The Morgan fingerprint density at radius 2 is 2.05 bits per heavy atom. The molecule has 112 valence electrons. The second kappa shape index (κ2) is 5.96. The molecule has 0 unspecified atom stereocenters. The summed E-state index contributed by atoms with van der Waals surface area (Å²) in [7, 11) is 0. The number of nitrogens with one attached hydrogen (secondary N) is 1. The van der Waals surface area contributed by atoms with Crippen LogP contribution in [0.2, 0.25) is 0 Å². The minimum absolute atomic E-state index is 0.0830. The molecule has 1 aromatic heterocycles. The minimum atomic E-state index is -0.533. The van der Waals surface area contributed by atoms with E-state index < -0.39 is 5.76 Å². The lowest BCUT2D eigenvalue weighted by Gasteiger charge is -2.07. The first kappa shape index (κ1) is 14.8. The average Bonchev–Trinajstić information content (AvgIpc) is 2.79. The zero-order chi connectivity index (χ0) is 15.7. The number of anilines is 1. The number of halogens is 1. The van der Waals surface area contributed by atoms with Crippen molar-refractivity contribution in [2.45, 2.75) is 13.5 Å². The number of aryl methyl sites for hydroxylation is 1. The molecule has 0 aliphatic rings. The topological polar surface area (TPSA) is 64.2 Å². The van der Waals surface area contributed by atoms with Crippen LogP contribution in [0.5, 0.6) is 0 Å². The quantitative estimate of drug-likeness (QED) is 0.678. The summed E-state index contributed by atoms with van der Waals surface area (Å²) in [6, 6.07) is 12.7. The van der Waals surface area contributed by atoms with E-state index in [1.807, 2.05) is 25.1 Å². The van der Waals surface area contributed by atoms with Crippen molar-refractivity contribution in [3.05, 3.63) is 62.1 Å². The summed E-state index contributed by atoms with van der Waals surface area (Å²) in [5, 5.41) is 2.80. The normalized spacial score (nSPS) is 10.8. The Bertz CT molecular complexity index is 911. The summed E-state index contributed by atoms with van der Waals surface area (Å²) in [5.41, 5.74) is 2.95. The maximum Gasteiger partial charge on any atom is 0.420 e. The van der Waals surface area contributed by atoms with Crippen LogP contribution in [0, 0.1) is 10.5 Å². The molecule has 0 aliphatic carbocycles. The number of hydrogen-bond donors (Lipinski definition) is 1. The van der Waals surface area contributed by atoms with Crippen molar-refractivity contribution in [2.24, 2.45) is 0 Å². The third-order valence-electron chi connectivity index (χ3n) is 3.33. The van der Waals surface area contributed by atoms with Gasteiger partial charge in [0.25, 0.3) is 0 Å². The number of fused-ring (bicyclic) bond motifs is 1. The number of amides is 1. The predicted octanol–water partition coefficient (Wildman–Crippen LogP) is 3.15. The second-order valence-corrected chi connectivity index (χ2v) is 6.10. The lowest BCUT2D eigenvalue weighted by atomic mass is 10.2. The highest BCUT2D eigenvalue weighted by molar-refractivity contribution is 14.1. The minimum Gasteiger partial charge on any atom is -0.408 e. The Balaban J connectivity index is 1.82. The molecule has 1 amide bonds. The van der Waals surface area contributed by atoms with Gasteiger partial charge in [-0.25, -0.2) is 4.79 Å². The van der Waals surface area contributed by atoms with E-state index in [4.69, 9.17) is 4.42 Å². The number of para-hydroxylation sites is 2. The van der Waals surface area contributed by atoms with Gasteiger partial charge in [-0.05, 0) is 59.3 Å². The predicted molar refractivity (Wildman–Crippen MR) is 93.0 cm³/mol. The van der Waals surface area contributed by atoms with Crippen LogP contribution in [0.15, 0.2) is 51.7 Å². The lowest BCUT2D eigenvalue weighted by Crippen LogP contribution is -2.24. The smallest absolute Gasteiger partial charge is 0.408 e. The molecule has 6 heteroatoms. The molecule has 0 saturated carbocycles. The summed E-state index contributed by atoms with van der Waals surface area (Å²) in [6.07, 6.45) is 0. The van der Waals surface area contributed by atoms with Crippen LogP contribution in [-0.2, 0) is 11.3 Å². The molecule has 3 rings (SSSR count). The van der Waals surface area contributed by atoms with Gasteiger partial charge in [0.05, 0.1) is 5.52 Å². The van der Waals surface area contributed by atoms with Crippen LogP contribution in [0.4, 0.5) is 5.69 Å². The molecule has 5 nitrogen and oxygen atoms in total. The number of rotatable bonds is 3. The molecule has 22 heavy (non-hydrogen) atoms. The van der Waals surface area contributed by atoms with Gasteiger partial charge < -0.3 is 9.73 Å². The Hall–Kier alpha value is -2.09. The van der Waals surface area contributed by atoms with Crippen LogP contribution in [0.1, 0.15) is 5.56 Å². The highest BCUT2D eigenvalue weighted by Crippen LogP contribution is 2.17. The molecule has 0 saturated heterocycles. The van der Waals surface area contributed by atoms with Gasteiger partial charge in [0.15, 0.2) is 5.58 Å². The van der Waals surface area contributed by atoms with Crippen molar-refractivity contribution in [2.75, 3.05) is 5.32 Å². The van der Waals surface area contributed by atoms with Crippen LogP contribution >= 0.6 is 22.6 Å². The number of carbonyl (C=O) groups is 1. The average molecular weight is 408 g/mol. The van der Waals surface area contributed by atoms with Crippen LogP contribution in [0.3, 0.4) is 0 Å². The van der Waals surface area contributed by atoms with Gasteiger partial charge in [0, 0.05) is 9.26 Å². The van der Waals surface area contributed by atoms with Crippen molar-refractivity contribution >= 4 is 45.3 Å². The Labute approximate surface area is 140 Å². The summed E-state index contributed by atoms with van der Waals surface area (Å²) in [4.78, 5) is 24.0. The van der Waals surface area contributed by atoms with Crippen molar-refractivity contribution in [1.29, 1.82) is 0 Å². The largest absolute Gasteiger partial charge is 0.420 e. The SMILES string of the molecule is Cc1ccc(NC(=O)Cn2c(=O)oc3ccccc32)cc1I. The van der Waals surface area contributed by atoms with Crippen LogP contribution in [0.25, 0.3) is 11.1 Å². The standard InChI is InChI=1S/C16H13IN2O3/c1-10-6-7-11(8-12(10)17)18-15(20)9-19-13-4-2-3-5-14(13)22-16(19)21/h2-8H,9H2,1H3,(H,18,20). The van der Waals surface area contributed by atoms with E-state index in [9.17, 15) is 9.59 Å². The molecule has 0 radical (unpaired) electrons. The Morgan fingerprint density at radius 1 is 1.27 bits per heavy atom. The number of oxazole rings is 1. The molecule has 0 aliphatic heterocycles. The van der Waals surface area contributed by atoms with Crippen molar-refractivity contribution in [3.63, 3.8) is 0 Å². The zero-order valence-corrected chi connectivity index (χ0v) is 14.0. The first-order valence-corrected chi connectivity index (χ1v) is 7.77. The fourth-order valence-electron chi connectivity index (χ4n) is 2.18. The van der Waals surface area contributed by atoms with Gasteiger partial charge in [0.2, 0.25) is 5.91 Å². The second-order valence-electron chi connectivity index (χ2n) is 4.93. The molecular formula is C16H13IN2O3. The number of hydrogen-bond acceptors (Lipinski definition) is 3. The Kier molecular flexibility index (Phi) is 4.02. The molecule has 1 N–H and O–H groups in total. The molecule has 0 spiro atoms. The monoisotopic (exact) mass is 408 g/mol. The van der Waals surface area contributed by atoms with E-state index in [1.165, 1.54) is 4.57 Å². The highest BCUT2D eigenvalue weighted by atomic mass is 127. The van der Waals surface area contributed by atoms with Gasteiger partial charge in [-0.3, -0.25) is 9.36 Å². The highest BCUT2D eigenvalue weighted by Gasteiger charge is 2.12. The number of benzene rings is 2. The molecular weight excluding hydrogens is 395 g/mol. The van der Waals surface area contributed by atoms with E-state index >= 15 is 0 Å². The maximum absolute atomic E-state index is 12.2. The fourth-order valence-corrected chi connectivity index (χ4v) is 2.69. The Morgan fingerprint density at radius 3 is 2.82 bits per heavy atom. The van der Waals surface area contributed by atoms with Gasteiger partial charge in [-0.2, -0.15) is 0 Å². The van der Waals surface area contributed by atoms with Gasteiger partial charge in [0.1, 0.15) is 6.54 Å². The van der Waals surface area contributed by atoms with Gasteiger partial charge >= 0.3 is 5.76 Å². The molecule has 0 fully saturated rings. The van der Waals surface area contributed by atoms with E-state index in [1.54, 1.807) is 24.3 Å². The summed E-state index contributed by atoms with van der Waals surface area (Å²) >= 11 is 2.21. The summed E-state index contributed by atoms with van der Waals surface area (Å²) < 4.78 is 7.51. The van der Waals surface area contributed by atoms with Gasteiger partial charge in [-0.1, -0.05) is 18.2 Å². The molecule has 1 heterocycles. The molecule has 2 aromatic carbocycles. The third-order valence-corrected chi connectivity index (χ3v) is 4.49. The molecule has 3 aromatic rings. The maximum atomic E-state index is 12.2. The molecule has 0 bridgehead atoms. The van der Waals surface area contributed by atoms with Gasteiger partial charge in [-0.15, -0.1) is 0 Å². The number of carbonyl (C=O) groups excluding carboxylic acids is 1. The van der Waals surface area contributed by atoms with Crippen molar-refractivity contribution in [3.8, 4) is 0 Å². The van der Waals surface area contributed by atoms with E-state index in [2.05, 4.69) is 27.9 Å². The fraction of sp³-hybridized carbons (Fsp3) is 0.125. The summed E-state index contributed by atoms with van der Waals surface area (Å²) in [6.45, 7) is 1.92.